The van der Waals surface area contributed by atoms with Crippen molar-refractivity contribution in [2.45, 2.75) is 0 Å². The van der Waals surface area contributed by atoms with E-state index in [9.17, 15) is 4.79 Å². The Kier molecular flexibility index (Phi) is 6.17. The van der Waals surface area contributed by atoms with Gasteiger partial charge in [-0.05, 0) is 42.0 Å². The van der Waals surface area contributed by atoms with Gasteiger partial charge < -0.3 is 5.32 Å². The fraction of sp³-hybridized carbons (Fsp3) is 0. The van der Waals surface area contributed by atoms with Gasteiger partial charge >= 0.3 is 0 Å². The lowest BCUT2D eigenvalue weighted by Crippen LogP contribution is -2.17. The predicted molar refractivity (Wildman–Crippen MR) is 124 cm³/mol. The van der Waals surface area contributed by atoms with Gasteiger partial charge in [0.15, 0.2) is 5.13 Å². The lowest BCUT2D eigenvalue weighted by molar-refractivity contribution is 0.0955. The molecule has 0 radical (unpaired) electrons. The van der Waals surface area contributed by atoms with Gasteiger partial charge in [0.05, 0.1) is 11.9 Å². The number of hydrogen-bond acceptors (Lipinski definition) is 5. The molecule has 1 heterocycles. The fourth-order valence-corrected chi connectivity index (χ4v) is 3.55. The smallest absolute Gasteiger partial charge is 0.271 e. The van der Waals surface area contributed by atoms with Crippen molar-refractivity contribution < 1.29 is 4.79 Å². The highest BCUT2D eigenvalue weighted by molar-refractivity contribution is 7.14. The maximum Gasteiger partial charge on any atom is 0.271 e. The van der Waals surface area contributed by atoms with Crippen molar-refractivity contribution in [3.05, 3.63) is 100 Å². The van der Waals surface area contributed by atoms with Crippen molar-refractivity contribution >= 4 is 45.9 Å². The molecule has 0 bridgehead atoms. The Balaban J connectivity index is 1.36. The van der Waals surface area contributed by atoms with Crippen molar-refractivity contribution in [1.82, 2.24) is 10.4 Å². The Morgan fingerprint density at radius 2 is 1.70 bits per heavy atom. The van der Waals surface area contributed by atoms with Gasteiger partial charge in [0.25, 0.3) is 5.91 Å². The normalized spacial score (nSPS) is 10.8. The minimum atomic E-state index is -0.270. The van der Waals surface area contributed by atoms with E-state index in [1.807, 2.05) is 72.1 Å². The summed E-state index contributed by atoms with van der Waals surface area (Å²) in [5.41, 5.74) is 6.70. The zero-order valence-electron chi connectivity index (χ0n) is 15.7. The molecule has 148 valence electrons. The number of aromatic nitrogens is 1. The molecular weight excluding hydrogens is 416 g/mol. The number of nitrogens with zero attached hydrogens (tertiary/aromatic N) is 2. The van der Waals surface area contributed by atoms with Crippen LogP contribution < -0.4 is 10.7 Å². The molecule has 7 heteroatoms. The number of halogens is 1. The van der Waals surface area contributed by atoms with Crippen LogP contribution in [0.2, 0.25) is 5.02 Å². The van der Waals surface area contributed by atoms with E-state index in [-0.39, 0.29) is 5.91 Å². The summed E-state index contributed by atoms with van der Waals surface area (Å²) in [7, 11) is 0. The van der Waals surface area contributed by atoms with Crippen molar-refractivity contribution in [3.63, 3.8) is 0 Å². The van der Waals surface area contributed by atoms with Gasteiger partial charge in [-0.1, -0.05) is 54.1 Å². The standard InChI is InChI=1S/C23H17ClN4OS/c24-19-10-6-17(7-11-19)21-15-30-23(27-21)26-20-12-8-18(9-13-20)22(29)28-25-14-16-4-2-1-3-5-16/h1-15H,(H,26,27)(H,28,29)/b25-14+. The number of benzene rings is 3. The molecule has 1 amide bonds. The molecule has 0 saturated heterocycles. The molecule has 0 fully saturated rings. The number of nitrogens with one attached hydrogen (secondary N) is 2. The molecule has 0 aliphatic rings. The quantitative estimate of drug-likeness (QED) is 0.291. The highest BCUT2D eigenvalue weighted by atomic mass is 35.5. The first-order valence-corrected chi connectivity index (χ1v) is 10.4. The summed E-state index contributed by atoms with van der Waals surface area (Å²) in [6, 6.07) is 24.3. The van der Waals surface area contributed by atoms with Crippen LogP contribution in [0.4, 0.5) is 10.8 Å². The molecule has 30 heavy (non-hydrogen) atoms. The van der Waals surface area contributed by atoms with Crippen LogP contribution in [0.25, 0.3) is 11.3 Å². The van der Waals surface area contributed by atoms with Gasteiger partial charge in [0.1, 0.15) is 0 Å². The molecular formula is C23H17ClN4OS. The third-order valence-electron chi connectivity index (χ3n) is 4.22. The topological polar surface area (TPSA) is 66.4 Å². The first-order chi connectivity index (χ1) is 14.7. The SMILES string of the molecule is O=C(N/N=C/c1ccccc1)c1ccc(Nc2nc(-c3ccc(Cl)cc3)cs2)cc1. The summed E-state index contributed by atoms with van der Waals surface area (Å²) in [5.74, 6) is -0.270. The minimum absolute atomic E-state index is 0.270. The molecule has 0 spiro atoms. The monoisotopic (exact) mass is 432 g/mol. The summed E-state index contributed by atoms with van der Waals surface area (Å²) in [5, 5.41) is 10.7. The molecule has 0 atom stereocenters. The highest BCUT2D eigenvalue weighted by Crippen LogP contribution is 2.28. The molecule has 3 aromatic carbocycles. The molecule has 0 aliphatic carbocycles. The van der Waals surface area contributed by atoms with Crippen molar-refractivity contribution in [2.75, 3.05) is 5.32 Å². The van der Waals surface area contributed by atoms with Gasteiger partial charge in [0, 0.05) is 27.2 Å². The first kappa shape index (κ1) is 19.8. The van der Waals surface area contributed by atoms with Crippen LogP contribution >= 0.6 is 22.9 Å². The third kappa shape index (κ3) is 5.11. The van der Waals surface area contributed by atoms with Crippen LogP contribution in [0.15, 0.2) is 89.3 Å². The zero-order valence-corrected chi connectivity index (χ0v) is 17.3. The Morgan fingerprint density at radius 3 is 2.43 bits per heavy atom. The highest BCUT2D eigenvalue weighted by Gasteiger charge is 2.07. The second kappa shape index (κ2) is 9.35. The van der Waals surface area contributed by atoms with Crippen molar-refractivity contribution in [3.8, 4) is 11.3 Å². The lowest BCUT2D eigenvalue weighted by Gasteiger charge is -2.04. The van der Waals surface area contributed by atoms with Crippen LogP contribution in [-0.2, 0) is 0 Å². The van der Waals surface area contributed by atoms with E-state index in [1.165, 1.54) is 11.3 Å². The predicted octanol–water partition coefficient (Wildman–Crippen LogP) is 5.97. The number of amides is 1. The number of rotatable bonds is 6. The molecule has 5 nitrogen and oxygen atoms in total. The molecule has 2 N–H and O–H groups in total. The first-order valence-electron chi connectivity index (χ1n) is 9.14. The van der Waals surface area contributed by atoms with Crippen LogP contribution in [-0.4, -0.2) is 17.1 Å². The van der Waals surface area contributed by atoms with Crippen LogP contribution in [0.3, 0.4) is 0 Å². The Morgan fingerprint density at radius 1 is 0.967 bits per heavy atom. The fourth-order valence-electron chi connectivity index (χ4n) is 2.68. The average molecular weight is 433 g/mol. The van der Waals surface area contributed by atoms with Gasteiger partial charge in [-0.25, -0.2) is 10.4 Å². The lowest BCUT2D eigenvalue weighted by atomic mass is 10.2. The van der Waals surface area contributed by atoms with E-state index in [1.54, 1.807) is 18.3 Å². The number of thiazole rings is 1. The summed E-state index contributed by atoms with van der Waals surface area (Å²) in [6.45, 7) is 0. The molecule has 1 aromatic heterocycles. The molecule has 0 aliphatic heterocycles. The number of carbonyl (C=O) groups is 1. The molecule has 4 rings (SSSR count). The Bertz CT molecular complexity index is 1160. The summed E-state index contributed by atoms with van der Waals surface area (Å²) in [6.07, 6.45) is 1.61. The molecule has 0 unspecified atom stereocenters. The largest absolute Gasteiger partial charge is 0.332 e. The summed E-state index contributed by atoms with van der Waals surface area (Å²) < 4.78 is 0. The van der Waals surface area contributed by atoms with Gasteiger partial charge in [-0.3, -0.25) is 4.79 Å². The van der Waals surface area contributed by atoms with Crippen molar-refractivity contribution in [2.24, 2.45) is 5.10 Å². The van der Waals surface area contributed by atoms with Crippen molar-refractivity contribution in [1.29, 1.82) is 0 Å². The second-order valence-corrected chi connectivity index (χ2v) is 7.65. The van der Waals surface area contributed by atoms with E-state index in [0.717, 1.165) is 27.6 Å². The number of carbonyl (C=O) groups excluding carboxylic acids is 1. The van der Waals surface area contributed by atoms with E-state index in [4.69, 9.17) is 11.6 Å². The Hall–Kier alpha value is -3.48. The van der Waals surface area contributed by atoms with E-state index in [2.05, 4.69) is 20.8 Å². The van der Waals surface area contributed by atoms with Gasteiger partial charge in [0.2, 0.25) is 0 Å². The number of anilines is 2. The van der Waals surface area contributed by atoms with Crippen LogP contribution in [0.5, 0.6) is 0 Å². The minimum Gasteiger partial charge on any atom is -0.332 e. The zero-order chi connectivity index (χ0) is 20.8. The van der Waals surface area contributed by atoms with Gasteiger partial charge in [-0.2, -0.15) is 5.10 Å². The van der Waals surface area contributed by atoms with Crippen LogP contribution in [0.1, 0.15) is 15.9 Å². The van der Waals surface area contributed by atoms with Gasteiger partial charge in [-0.15, -0.1) is 11.3 Å². The Labute approximate surface area is 183 Å². The maximum atomic E-state index is 12.2. The van der Waals surface area contributed by atoms with E-state index < -0.39 is 0 Å². The van der Waals surface area contributed by atoms with E-state index in [0.29, 0.717) is 10.6 Å². The molecule has 4 aromatic rings. The summed E-state index contributed by atoms with van der Waals surface area (Å²) >= 11 is 7.45. The number of hydrazone groups is 1. The summed E-state index contributed by atoms with van der Waals surface area (Å²) in [4.78, 5) is 16.8. The maximum absolute atomic E-state index is 12.2. The van der Waals surface area contributed by atoms with E-state index >= 15 is 0 Å². The van der Waals surface area contributed by atoms with Crippen LogP contribution in [0, 0.1) is 0 Å². The second-order valence-electron chi connectivity index (χ2n) is 6.36. The molecule has 0 saturated carbocycles. The average Bonchev–Trinajstić information content (AvgIpc) is 3.24. The third-order valence-corrected chi connectivity index (χ3v) is 5.23. The number of hydrogen-bond donors (Lipinski definition) is 2.